The number of carbonyl (C=O) groups is 1. The second-order valence-electron chi connectivity index (χ2n) is 4.30. The van der Waals surface area contributed by atoms with Gasteiger partial charge < -0.3 is 24.8 Å². The second kappa shape index (κ2) is 4.61. The Bertz CT molecular complexity index is 827. The number of anilines is 1. The summed E-state index contributed by atoms with van der Waals surface area (Å²) in [7, 11) is 0. The van der Waals surface area contributed by atoms with Gasteiger partial charge in [-0.25, -0.2) is 9.59 Å². The molecule has 3 aromatic rings. The van der Waals surface area contributed by atoms with E-state index in [0.29, 0.717) is 17.8 Å². The van der Waals surface area contributed by atoms with Crippen molar-refractivity contribution in [2.24, 2.45) is 0 Å². The normalized spacial score (nSPS) is 10.8. The maximum Gasteiger partial charge on any atom is 0.338 e. The summed E-state index contributed by atoms with van der Waals surface area (Å²) in [6, 6.07) is 6.84. The molecule has 4 N–H and O–H groups in total. The van der Waals surface area contributed by atoms with Crippen molar-refractivity contribution in [3.8, 4) is 0 Å². The zero-order chi connectivity index (χ0) is 14.1. The summed E-state index contributed by atoms with van der Waals surface area (Å²) in [5.41, 5.74) is 2.08. The smallest absolute Gasteiger partial charge is 0.338 e. The van der Waals surface area contributed by atoms with Crippen molar-refractivity contribution in [2.75, 3.05) is 5.32 Å². The molecular weight excluding hydrogens is 262 g/mol. The fourth-order valence-electron chi connectivity index (χ4n) is 1.92. The van der Waals surface area contributed by atoms with Crippen LogP contribution in [-0.4, -0.2) is 21.0 Å². The molecular formula is C13H11N3O4. The first-order chi connectivity index (χ1) is 9.61. The molecule has 3 rings (SSSR count). The van der Waals surface area contributed by atoms with Gasteiger partial charge in [-0.1, -0.05) is 0 Å². The number of aromatic carboxylic acids is 1. The highest BCUT2D eigenvalue weighted by Gasteiger charge is 2.08. The molecule has 1 aromatic carbocycles. The van der Waals surface area contributed by atoms with Crippen molar-refractivity contribution in [1.82, 2.24) is 9.97 Å². The third kappa shape index (κ3) is 2.28. The SMILES string of the molecule is O=C(O)c1coc(CNc2ccc3[nH]c(=O)[nH]c3c2)c1. The van der Waals surface area contributed by atoms with Gasteiger partial charge in [0.2, 0.25) is 0 Å². The first-order valence-corrected chi connectivity index (χ1v) is 5.88. The van der Waals surface area contributed by atoms with Crippen LogP contribution < -0.4 is 11.0 Å². The molecule has 0 amide bonds. The lowest BCUT2D eigenvalue weighted by atomic mass is 10.2. The molecule has 20 heavy (non-hydrogen) atoms. The van der Waals surface area contributed by atoms with Gasteiger partial charge in [0.05, 0.1) is 23.1 Å². The Labute approximate surface area is 112 Å². The molecule has 0 saturated heterocycles. The summed E-state index contributed by atoms with van der Waals surface area (Å²) in [5.74, 6) is -0.503. The number of aromatic amines is 2. The number of fused-ring (bicyclic) bond motifs is 1. The monoisotopic (exact) mass is 273 g/mol. The molecule has 7 nitrogen and oxygen atoms in total. The van der Waals surface area contributed by atoms with Gasteiger partial charge in [-0.15, -0.1) is 0 Å². The van der Waals surface area contributed by atoms with Gasteiger partial charge in [0.1, 0.15) is 12.0 Å². The summed E-state index contributed by atoms with van der Waals surface area (Å²) < 4.78 is 5.13. The number of nitrogens with one attached hydrogen (secondary N) is 3. The van der Waals surface area contributed by atoms with E-state index in [9.17, 15) is 9.59 Å². The highest BCUT2D eigenvalue weighted by Crippen LogP contribution is 2.16. The number of carboxylic acids is 1. The number of benzene rings is 1. The van der Waals surface area contributed by atoms with Crippen LogP contribution in [0.5, 0.6) is 0 Å². The first kappa shape index (κ1) is 12.1. The molecule has 0 saturated carbocycles. The van der Waals surface area contributed by atoms with E-state index in [1.165, 1.54) is 12.3 Å². The Hall–Kier alpha value is -2.96. The fourth-order valence-corrected chi connectivity index (χ4v) is 1.92. The summed E-state index contributed by atoms with van der Waals surface area (Å²) >= 11 is 0. The minimum atomic E-state index is -1.02. The highest BCUT2D eigenvalue weighted by molar-refractivity contribution is 5.87. The summed E-state index contributed by atoms with van der Waals surface area (Å²) in [4.78, 5) is 27.2. The van der Waals surface area contributed by atoms with E-state index in [1.807, 2.05) is 6.07 Å². The number of hydrogen-bond donors (Lipinski definition) is 4. The molecule has 0 fully saturated rings. The van der Waals surface area contributed by atoms with Gasteiger partial charge in [-0.05, 0) is 24.3 Å². The highest BCUT2D eigenvalue weighted by atomic mass is 16.4. The number of H-pyrrole nitrogens is 2. The van der Waals surface area contributed by atoms with E-state index in [-0.39, 0.29) is 11.3 Å². The minimum Gasteiger partial charge on any atom is -0.478 e. The zero-order valence-corrected chi connectivity index (χ0v) is 10.3. The molecule has 2 aromatic heterocycles. The Morgan fingerprint density at radius 3 is 2.80 bits per heavy atom. The number of furan rings is 1. The fraction of sp³-hybridized carbons (Fsp3) is 0.0769. The third-order valence-corrected chi connectivity index (χ3v) is 2.88. The van der Waals surface area contributed by atoms with Crippen molar-refractivity contribution >= 4 is 22.7 Å². The Balaban J connectivity index is 1.75. The average Bonchev–Trinajstić information content (AvgIpc) is 3.00. The predicted octanol–water partition coefficient (Wildman–Crippen LogP) is 1.76. The van der Waals surface area contributed by atoms with E-state index >= 15 is 0 Å². The van der Waals surface area contributed by atoms with Crippen molar-refractivity contribution in [3.63, 3.8) is 0 Å². The summed E-state index contributed by atoms with van der Waals surface area (Å²) in [6.07, 6.45) is 1.20. The van der Waals surface area contributed by atoms with Crippen LogP contribution in [0.3, 0.4) is 0 Å². The van der Waals surface area contributed by atoms with Crippen molar-refractivity contribution < 1.29 is 14.3 Å². The number of rotatable bonds is 4. The molecule has 0 atom stereocenters. The summed E-state index contributed by atoms with van der Waals surface area (Å²) in [6.45, 7) is 0.355. The molecule has 0 unspecified atom stereocenters. The third-order valence-electron chi connectivity index (χ3n) is 2.88. The standard InChI is InChI=1S/C13H11N3O4/c17-12(18)7-3-9(20-6-7)5-14-8-1-2-10-11(4-8)16-13(19)15-10/h1-4,6,14H,5H2,(H,17,18)(H2,15,16,19). The Kier molecular flexibility index (Phi) is 2.79. The molecule has 0 aliphatic heterocycles. The Morgan fingerprint density at radius 2 is 2.05 bits per heavy atom. The quantitative estimate of drug-likeness (QED) is 0.578. The van der Waals surface area contributed by atoms with Gasteiger partial charge in [-0.3, -0.25) is 0 Å². The molecule has 0 spiro atoms. The maximum absolute atomic E-state index is 11.1. The number of aromatic nitrogens is 2. The van der Waals surface area contributed by atoms with Crippen LogP contribution in [0.25, 0.3) is 11.0 Å². The minimum absolute atomic E-state index is 0.118. The molecule has 0 aliphatic rings. The van der Waals surface area contributed by atoms with Crippen LogP contribution in [0.15, 0.2) is 39.7 Å². The van der Waals surface area contributed by atoms with Gasteiger partial charge >= 0.3 is 11.7 Å². The van der Waals surface area contributed by atoms with E-state index in [1.54, 1.807) is 12.1 Å². The molecule has 0 aliphatic carbocycles. The molecule has 0 bridgehead atoms. The lowest BCUT2D eigenvalue weighted by molar-refractivity contribution is 0.0696. The lowest BCUT2D eigenvalue weighted by Crippen LogP contribution is -1.99. The zero-order valence-electron chi connectivity index (χ0n) is 10.3. The average molecular weight is 273 g/mol. The number of imidazole rings is 1. The molecule has 102 valence electrons. The van der Waals surface area contributed by atoms with Crippen LogP contribution in [0.2, 0.25) is 0 Å². The van der Waals surface area contributed by atoms with Gasteiger partial charge in [0.25, 0.3) is 0 Å². The lowest BCUT2D eigenvalue weighted by Gasteiger charge is -2.03. The maximum atomic E-state index is 11.1. The topological polar surface area (TPSA) is 111 Å². The molecule has 7 heteroatoms. The first-order valence-electron chi connectivity index (χ1n) is 5.88. The van der Waals surface area contributed by atoms with Crippen LogP contribution in [-0.2, 0) is 6.54 Å². The van der Waals surface area contributed by atoms with Crippen LogP contribution in [0, 0.1) is 0 Å². The van der Waals surface area contributed by atoms with E-state index in [2.05, 4.69) is 15.3 Å². The van der Waals surface area contributed by atoms with Gasteiger partial charge in [0.15, 0.2) is 0 Å². The van der Waals surface area contributed by atoms with Crippen molar-refractivity contribution in [3.05, 3.63) is 52.3 Å². The van der Waals surface area contributed by atoms with Crippen LogP contribution in [0.4, 0.5) is 5.69 Å². The van der Waals surface area contributed by atoms with Crippen molar-refractivity contribution in [2.45, 2.75) is 6.54 Å². The summed E-state index contributed by atoms with van der Waals surface area (Å²) in [5, 5.41) is 11.9. The molecule has 2 heterocycles. The van der Waals surface area contributed by atoms with E-state index in [0.717, 1.165) is 11.2 Å². The molecule has 0 radical (unpaired) electrons. The number of hydrogen-bond acceptors (Lipinski definition) is 4. The van der Waals surface area contributed by atoms with Crippen LogP contribution in [0.1, 0.15) is 16.1 Å². The van der Waals surface area contributed by atoms with E-state index < -0.39 is 5.97 Å². The van der Waals surface area contributed by atoms with Crippen molar-refractivity contribution in [1.29, 1.82) is 0 Å². The Morgan fingerprint density at radius 1 is 1.25 bits per heavy atom. The van der Waals surface area contributed by atoms with Crippen LogP contribution >= 0.6 is 0 Å². The van der Waals surface area contributed by atoms with Gasteiger partial charge in [-0.2, -0.15) is 0 Å². The second-order valence-corrected chi connectivity index (χ2v) is 4.30. The van der Waals surface area contributed by atoms with E-state index in [4.69, 9.17) is 9.52 Å². The number of carboxylic acid groups (broad SMARTS) is 1. The largest absolute Gasteiger partial charge is 0.478 e. The van der Waals surface area contributed by atoms with Gasteiger partial charge in [0, 0.05) is 5.69 Å². The predicted molar refractivity (Wildman–Crippen MR) is 71.9 cm³/mol.